The van der Waals surface area contributed by atoms with Gasteiger partial charge in [0.25, 0.3) is 0 Å². The number of hydrogen-bond acceptors (Lipinski definition) is 4. The highest BCUT2D eigenvalue weighted by molar-refractivity contribution is 8.14. The number of imidazole rings is 1. The third-order valence-electron chi connectivity index (χ3n) is 2.70. The second kappa shape index (κ2) is 5.35. The Hall–Kier alpha value is -1.30. The maximum absolute atomic E-state index is 11.8. The van der Waals surface area contributed by atoms with Crippen LogP contribution in [0.5, 0.6) is 0 Å². The summed E-state index contributed by atoms with van der Waals surface area (Å²) in [6.07, 6.45) is 4.99. The first kappa shape index (κ1) is 12.2. The van der Waals surface area contributed by atoms with Crippen molar-refractivity contribution < 1.29 is 9.59 Å². The molecule has 0 aliphatic carbocycles. The molecule has 1 aromatic rings. The molecule has 1 atom stereocenters. The van der Waals surface area contributed by atoms with Crippen molar-refractivity contribution in [1.82, 2.24) is 14.9 Å². The van der Waals surface area contributed by atoms with Crippen molar-refractivity contribution >= 4 is 22.8 Å². The quantitative estimate of drug-likeness (QED) is 0.853. The molecule has 2 heterocycles. The molecule has 1 amide bonds. The van der Waals surface area contributed by atoms with Gasteiger partial charge < -0.3 is 9.88 Å². The summed E-state index contributed by atoms with van der Waals surface area (Å²) in [6, 6.07) is -0.305. The van der Waals surface area contributed by atoms with Gasteiger partial charge in [0, 0.05) is 24.6 Å². The largest absolute Gasteiger partial charge is 0.344 e. The molecule has 1 aliphatic rings. The van der Waals surface area contributed by atoms with Crippen LogP contribution in [0.25, 0.3) is 0 Å². The predicted molar refractivity (Wildman–Crippen MR) is 65.6 cm³/mol. The molecule has 92 valence electrons. The zero-order chi connectivity index (χ0) is 12.3. The van der Waals surface area contributed by atoms with E-state index in [4.69, 9.17) is 0 Å². The van der Waals surface area contributed by atoms with E-state index in [0.717, 1.165) is 24.4 Å². The summed E-state index contributed by atoms with van der Waals surface area (Å²) >= 11 is 1.29. The van der Waals surface area contributed by atoms with Crippen LogP contribution in [0.1, 0.15) is 19.2 Å². The van der Waals surface area contributed by atoms with Crippen LogP contribution in [0.4, 0.5) is 0 Å². The highest BCUT2D eigenvalue weighted by Gasteiger charge is 2.26. The van der Waals surface area contributed by atoms with Gasteiger partial charge in [-0.05, 0) is 6.42 Å². The van der Waals surface area contributed by atoms with Crippen LogP contribution in [0.2, 0.25) is 0 Å². The second-order valence-electron chi connectivity index (χ2n) is 3.90. The lowest BCUT2D eigenvalue weighted by Crippen LogP contribution is -2.39. The predicted octanol–water partition coefficient (Wildman–Crippen LogP) is 0.594. The minimum atomic E-state index is -0.305. The molecule has 1 saturated heterocycles. The van der Waals surface area contributed by atoms with Crippen molar-refractivity contribution in [1.29, 1.82) is 0 Å². The number of amides is 1. The van der Waals surface area contributed by atoms with Crippen LogP contribution >= 0.6 is 11.8 Å². The van der Waals surface area contributed by atoms with Gasteiger partial charge in [-0.2, -0.15) is 0 Å². The first-order valence-corrected chi connectivity index (χ1v) is 6.65. The van der Waals surface area contributed by atoms with E-state index in [0.29, 0.717) is 0 Å². The summed E-state index contributed by atoms with van der Waals surface area (Å²) in [6.45, 7) is 2.23. The van der Waals surface area contributed by atoms with Gasteiger partial charge in [0.15, 0.2) is 0 Å². The molecule has 0 unspecified atom stereocenters. The van der Waals surface area contributed by atoms with Gasteiger partial charge in [-0.25, -0.2) is 4.98 Å². The average molecular weight is 253 g/mol. The zero-order valence-electron chi connectivity index (χ0n) is 9.68. The minimum Gasteiger partial charge on any atom is -0.344 e. The van der Waals surface area contributed by atoms with Crippen LogP contribution in [0, 0.1) is 0 Å². The van der Waals surface area contributed by atoms with Gasteiger partial charge in [0.2, 0.25) is 11.0 Å². The van der Waals surface area contributed by atoms with Gasteiger partial charge in [0.05, 0.1) is 6.04 Å². The maximum atomic E-state index is 11.8. The van der Waals surface area contributed by atoms with Crippen LogP contribution in [-0.4, -0.2) is 32.4 Å². The molecule has 2 rings (SSSR count). The summed E-state index contributed by atoms with van der Waals surface area (Å²) in [5.74, 6) is 1.56. The summed E-state index contributed by atoms with van der Waals surface area (Å²) in [4.78, 5) is 27.3. The average Bonchev–Trinajstić information content (AvgIpc) is 2.89. The molecule has 0 spiro atoms. The fraction of sp³-hybridized carbons (Fsp3) is 0.545. The van der Waals surface area contributed by atoms with Crippen LogP contribution < -0.4 is 5.32 Å². The molecule has 0 bridgehead atoms. The lowest BCUT2D eigenvalue weighted by atomic mass is 10.2. The monoisotopic (exact) mass is 253 g/mol. The topological polar surface area (TPSA) is 64.0 Å². The third kappa shape index (κ3) is 2.88. The highest BCUT2D eigenvalue weighted by atomic mass is 32.2. The van der Waals surface area contributed by atoms with Crippen molar-refractivity contribution in [2.24, 2.45) is 0 Å². The highest BCUT2D eigenvalue weighted by Crippen LogP contribution is 2.19. The molecular weight excluding hydrogens is 238 g/mol. The normalized spacial score (nSPS) is 19.6. The van der Waals surface area contributed by atoms with Gasteiger partial charge in [-0.15, -0.1) is 0 Å². The molecule has 0 radical (unpaired) electrons. The van der Waals surface area contributed by atoms with E-state index in [1.807, 2.05) is 11.5 Å². The summed E-state index contributed by atoms with van der Waals surface area (Å²) in [5, 5.41) is 2.83. The number of carbonyl (C=O) groups is 2. The molecule has 0 aromatic carbocycles. The number of aromatic nitrogens is 2. The number of aryl methyl sites for hydroxylation is 1. The van der Waals surface area contributed by atoms with Gasteiger partial charge in [0.1, 0.15) is 12.4 Å². The first-order chi connectivity index (χ1) is 8.20. The van der Waals surface area contributed by atoms with E-state index in [2.05, 4.69) is 10.3 Å². The van der Waals surface area contributed by atoms with E-state index in [-0.39, 0.29) is 23.6 Å². The third-order valence-corrected chi connectivity index (χ3v) is 3.71. The Bertz CT molecular complexity index is 430. The zero-order valence-corrected chi connectivity index (χ0v) is 10.5. The molecule has 1 N–H and O–H groups in total. The van der Waals surface area contributed by atoms with E-state index >= 15 is 0 Å². The number of nitrogens with zero attached hydrogens (tertiary/aromatic N) is 2. The SMILES string of the molecule is CCc1nccn1CC(=O)N[C@H]1CCSC1=O. The van der Waals surface area contributed by atoms with Crippen LogP contribution in [0.15, 0.2) is 12.4 Å². The van der Waals surface area contributed by atoms with Crippen LogP contribution in [-0.2, 0) is 22.6 Å². The standard InChI is InChI=1S/C11H15N3O2S/c1-2-9-12-4-5-14(9)7-10(15)13-8-3-6-17-11(8)16/h4-5,8H,2-3,6-7H2,1H3,(H,13,15)/t8-/m0/s1. The van der Waals surface area contributed by atoms with E-state index in [9.17, 15) is 9.59 Å². The molecule has 1 fully saturated rings. The summed E-state index contributed by atoms with van der Waals surface area (Å²) in [7, 11) is 0. The Morgan fingerprint density at radius 1 is 1.71 bits per heavy atom. The van der Waals surface area contributed by atoms with E-state index in [1.54, 1.807) is 12.4 Å². The fourth-order valence-corrected chi connectivity index (χ4v) is 2.75. The number of hydrogen-bond donors (Lipinski definition) is 1. The molecule has 0 saturated carbocycles. The Balaban J connectivity index is 1.91. The van der Waals surface area contributed by atoms with Gasteiger partial charge in [-0.1, -0.05) is 18.7 Å². The molecule has 1 aromatic heterocycles. The molecule has 6 heteroatoms. The minimum absolute atomic E-state index is 0.0692. The maximum Gasteiger partial charge on any atom is 0.240 e. The van der Waals surface area contributed by atoms with Gasteiger partial charge >= 0.3 is 0 Å². The second-order valence-corrected chi connectivity index (χ2v) is 5.00. The van der Waals surface area contributed by atoms with Crippen molar-refractivity contribution in [3.05, 3.63) is 18.2 Å². The number of thioether (sulfide) groups is 1. The van der Waals surface area contributed by atoms with Gasteiger partial charge in [-0.3, -0.25) is 9.59 Å². The molecular formula is C11H15N3O2S. The smallest absolute Gasteiger partial charge is 0.240 e. The summed E-state index contributed by atoms with van der Waals surface area (Å²) in [5.41, 5.74) is 0. The molecule has 17 heavy (non-hydrogen) atoms. The molecule has 1 aliphatic heterocycles. The Kier molecular flexibility index (Phi) is 3.83. The molecule has 5 nitrogen and oxygen atoms in total. The first-order valence-electron chi connectivity index (χ1n) is 5.66. The fourth-order valence-electron chi connectivity index (χ4n) is 1.82. The number of rotatable bonds is 4. The van der Waals surface area contributed by atoms with E-state index in [1.165, 1.54) is 11.8 Å². The Morgan fingerprint density at radius 2 is 2.53 bits per heavy atom. The lowest BCUT2D eigenvalue weighted by Gasteiger charge is -2.11. The Morgan fingerprint density at radius 3 is 3.18 bits per heavy atom. The number of carbonyl (C=O) groups excluding carboxylic acids is 2. The number of nitrogens with one attached hydrogen (secondary N) is 1. The summed E-state index contributed by atoms with van der Waals surface area (Å²) < 4.78 is 1.81. The lowest BCUT2D eigenvalue weighted by molar-refractivity contribution is -0.125. The van der Waals surface area contributed by atoms with E-state index < -0.39 is 0 Å². The van der Waals surface area contributed by atoms with Crippen molar-refractivity contribution in [2.75, 3.05) is 5.75 Å². The van der Waals surface area contributed by atoms with Crippen molar-refractivity contribution in [3.8, 4) is 0 Å². The van der Waals surface area contributed by atoms with Crippen molar-refractivity contribution in [3.63, 3.8) is 0 Å². The van der Waals surface area contributed by atoms with Crippen molar-refractivity contribution in [2.45, 2.75) is 32.4 Å². The Labute approximate surface area is 104 Å². The van der Waals surface area contributed by atoms with Crippen LogP contribution in [0.3, 0.4) is 0 Å².